The van der Waals surface area contributed by atoms with Gasteiger partial charge in [-0.3, -0.25) is 5.10 Å². The van der Waals surface area contributed by atoms with Crippen molar-refractivity contribution >= 4 is 11.7 Å². The van der Waals surface area contributed by atoms with Crippen LogP contribution in [0.5, 0.6) is 0 Å². The minimum Gasteiger partial charge on any atom is -0.393 e. The fraction of sp³-hybridized carbons (Fsp3) is 0.556. The average molecular weight is 210 g/mol. The standard InChI is InChI=1S/C9H14N4O2/c14-8-1-3-13(4-2-8)9(15)12-7-5-10-11-6-7/h5-6,8,14H,1-4H2,(H,10,11)(H,12,15). The molecule has 2 amide bonds. The lowest BCUT2D eigenvalue weighted by Crippen LogP contribution is -2.42. The van der Waals surface area contributed by atoms with Crippen LogP contribution in [-0.4, -0.2) is 45.4 Å². The molecule has 6 nitrogen and oxygen atoms in total. The van der Waals surface area contributed by atoms with Crippen LogP contribution in [0, 0.1) is 0 Å². The van der Waals surface area contributed by atoms with Gasteiger partial charge in [0, 0.05) is 19.3 Å². The summed E-state index contributed by atoms with van der Waals surface area (Å²) < 4.78 is 0. The number of nitrogens with zero attached hydrogens (tertiary/aromatic N) is 2. The van der Waals surface area contributed by atoms with Crippen molar-refractivity contribution in [1.82, 2.24) is 15.1 Å². The molecule has 1 aromatic heterocycles. The number of anilines is 1. The number of urea groups is 1. The monoisotopic (exact) mass is 210 g/mol. The van der Waals surface area contributed by atoms with Gasteiger partial charge in [0.05, 0.1) is 18.0 Å². The molecular weight excluding hydrogens is 196 g/mol. The lowest BCUT2D eigenvalue weighted by atomic mass is 10.1. The molecule has 15 heavy (non-hydrogen) atoms. The van der Waals surface area contributed by atoms with E-state index in [1.807, 2.05) is 0 Å². The summed E-state index contributed by atoms with van der Waals surface area (Å²) in [6, 6.07) is -0.136. The fourth-order valence-corrected chi connectivity index (χ4v) is 1.59. The highest BCUT2D eigenvalue weighted by molar-refractivity contribution is 5.89. The largest absolute Gasteiger partial charge is 0.393 e. The zero-order chi connectivity index (χ0) is 10.7. The molecule has 3 N–H and O–H groups in total. The van der Waals surface area contributed by atoms with E-state index in [0.29, 0.717) is 31.6 Å². The second-order valence-electron chi connectivity index (χ2n) is 3.64. The highest BCUT2D eigenvalue weighted by atomic mass is 16.3. The molecule has 0 spiro atoms. The Balaban J connectivity index is 1.86. The fourth-order valence-electron chi connectivity index (χ4n) is 1.59. The molecular formula is C9H14N4O2. The van der Waals surface area contributed by atoms with Crippen molar-refractivity contribution < 1.29 is 9.90 Å². The predicted molar refractivity (Wildman–Crippen MR) is 54.4 cm³/mol. The summed E-state index contributed by atoms with van der Waals surface area (Å²) >= 11 is 0. The summed E-state index contributed by atoms with van der Waals surface area (Å²) in [6.45, 7) is 1.20. The predicted octanol–water partition coefficient (Wildman–Crippen LogP) is 0.398. The first-order valence-electron chi connectivity index (χ1n) is 4.98. The van der Waals surface area contributed by atoms with Gasteiger partial charge >= 0.3 is 6.03 Å². The number of hydrogen-bond acceptors (Lipinski definition) is 3. The van der Waals surface area contributed by atoms with Crippen LogP contribution in [-0.2, 0) is 0 Å². The quantitative estimate of drug-likeness (QED) is 0.627. The zero-order valence-corrected chi connectivity index (χ0v) is 8.31. The molecule has 0 aliphatic carbocycles. The van der Waals surface area contributed by atoms with Gasteiger partial charge in [0.25, 0.3) is 0 Å². The maximum atomic E-state index is 11.7. The van der Waals surface area contributed by atoms with Crippen molar-refractivity contribution in [2.24, 2.45) is 0 Å². The summed E-state index contributed by atoms with van der Waals surface area (Å²) in [4.78, 5) is 13.4. The minimum atomic E-state index is -0.261. The number of piperidine rings is 1. The van der Waals surface area contributed by atoms with E-state index in [-0.39, 0.29) is 12.1 Å². The molecule has 1 aliphatic rings. The molecule has 0 saturated carbocycles. The molecule has 0 bridgehead atoms. The Bertz CT molecular complexity index is 317. The molecule has 1 aromatic rings. The molecule has 82 valence electrons. The van der Waals surface area contributed by atoms with Crippen molar-refractivity contribution in [3.8, 4) is 0 Å². The van der Waals surface area contributed by atoms with E-state index in [9.17, 15) is 9.90 Å². The lowest BCUT2D eigenvalue weighted by Gasteiger charge is -2.29. The van der Waals surface area contributed by atoms with Crippen molar-refractivity contribution in [2.75, 3.05) is 18.4 Å². The smallest absolute Gasteiger partial charge is 0.321 e. The number of nitrogens with one attached hydrogen (secondary N) is 2. The van der Waals surface area contributed by atoms with E-state index in [1.54, 1.807) is 17.3 Å². The SMILES string of the molecule is O=C(Nc1cn[nH]c1)N1CCC(O)CC1. The Morgan fingerprint density at radius 3 is 2.93 bits per heavy atom. The van der Waals surface area contributed by atoms with Gasteiger partial charge in [-0.25, -0.2) is 4.79 Å². The number of H-pyrrole nitrogens is 1. The number of carbonyl (C=O) groups is 1. The highest BCUT2D eigenvalue weighted by Crippen LogP contribution is 2.11. The number of aliphatic hydroxyl groups excluding tert-OH is 1. The molecule has 1 aliphatic heterocycles. The van der Waals surface area contributed by atoms with Gasteiger partial charge in [0.1, 0.15) is 0 Å². The third-order valence-corrected chi connectivity index (χ3v) is 2.50. The Kier molecular flexibility index (Phi) is 2.86. The molecule has 1 fully saturated rings. The van der Waals surface area contributed by atoms with E-state index >= 15 is 0 Å². The van der Waals surface area contributed by atoms with Crippen LogP contribution in [0.2, 0.25) is 0 Å². The Morgan fingerprint density at radius 2 is 2.33 bits per heavy atom. The second kappa shape index (κ2) is 4.31. The van der Waals surface area contributed by atoms with Gasteiger partial charge in [0.15, 0.2) is 0 Å². The van der Waals surface area contributed by atoms with Gasteiger partial charge in [-0.2, -0.15) is 5.10 Å². The lowest BCUT2D eigenvalue weighted by molar-refractivity contribution is 0.0972. The number of aromatic amines is 1. The van der Waals surface area contributed by atoms with E-state index in [1.165, 1.54) is 0 Å². The number of rotatable bonds is 1. The average Bonchev–Trinajstić information content (AvgIpc) is 2.71. The van der Waals surface area contributed by atoms with Crippen LogP contribution in [0.25, 0.3) is 0 Å². The van der Waals surface area contributed by atoms with Crippen LogP contribution in [0.1, 0.15) is 12.8 Å². The summed E-state index contributed by atoms with van der Waals surface area (Å²) in [6.07, 6.45) is 4.22. The first-order valence-corrected chi connectivity index (χ1v) is 4.98. The molecule has 2 rings (SSSR count). The molecule has 2 heterocycles. The molecule has 0 unspecified atom stereocenters. The van der Waals surface area contributed by atoms with Crippen LogP contribution >= 0.6 is 0 Å². The number of aliphatic hydroxyl groups is 1. The summed E-state index contributed by atoms with van der Waals surface area (Å²) in [5, 5.41) is 18.4. The first-order chi connectivity index (χ1) is 7.25. The zero-order valence-electron chi connectivity index (χ0n) is 8.31. The second-order valence-corrected chi connectivity index (χ2v) is 3.64. The summed E-state index contributed by atoms with van der Waals surface area (Å²) in [5.74, 6) is 0. The Hall–Kier alpha value is -1.56. The van der Waals surface area contributed by atoms with Crippen molar-refractivity contribution in [3.63, 3.8) is 0 Å². The third-order valence-electron chi connectivity index (χ3n) is 2.50. The normalized spacial score (nSPS) is 17.8. The van der Waals surface area contributed by atoms with E-state index in [4.69, 9.17) is 0 Å². The number of hydrogen-bond donors (Lipinski definition) is 3. The van der Waals surface area contributed by atoms with Crippen molar-refractivity contribution in [3.05, 3.63) is 12.4 Å². The maximum Gasteiger partial charge on any atom is 0.321 e. The van der Waals surface area contributed by atoms with Crippen LogP contribution in [0.4, 0.5) is 10.5 Å². The molecule has 0 aromatic carbocycles. The van der Waals surface area contributed by atoms with Crippen molar-refractivity contribution in [2.45, 2.75) is 18.9 Å². The van der Waals surface area contributed by atoms with Crippen molar-refractivity contribution in [1.29, 1.82) is 0 Å². The van der Waals surface area contributed by atoms with Crippen LogP contribution < -0.4 is 5.32 Å². The maximum absolute atomic E-state index is 11.7. The van der Waals surface area contributed by atoms with E-state index < -0.39 is 0 Å². The third kappa shape index (κ3) is 2.47. The van der Waals surface area contributed by atoms with Gasteiger partial charge < -0.3 is 15.3 Å². The summed E-state index contributed by atoms with van der Waals surface area (Å²) in [7, 11) is 0. The van der Waals surface area contributed by atoms with E-state index in [2.05, 4.69) is 15.5 Å². The number of amides is 2. The number of likely N-dealkylation sites (tertiary alicyclic amines) is 1. The van der Waals surface area contributed by atoms with E-state index in [0.717, 1.165) is 0 Å². The van der Waals surface area contributed by atoms with Gasteiger partial charge in [-0.1, -0.05) is 0 Å². The first kappa shape index (κ1) is 9.97. The number of aromatic nitrogens is 2. The summed E-state index contributed by atoms with van der Waals surface area (Å²) in [5.41, 5.74) is 0.658. The minimum absolute atomic E-state index is 0.136. The van der Waals surface area contributed by atoms with Gasteiger partial charge in [-0.05, 0) is 12.8 Å². The highest BCUT2D eigenvalue weighted by Gasteiger charge is 2.21. The van der Waals surface area contributed by atoms with Crippen LogP contribution in [0.15, 0.2) is 12.4 Å². The van der Waals surface area contributed by atoms with Gasteiger partial charge in [0.2, 0.25) is 0 Å². The molecule has 0 radical (unpaired) electrons. The van der Waals surface area contributed by atoms with Gasteiger partial charge in [-0.15, -0.1) is 0 Å². The Labute approximate surface area is 87.3 Å². The molecule has 6 heteroatoms. The van der Waals surface area contributed by atoms with Crippen LogP contribution in [0.3, 0.4) is 0 Å². The Morgan fingerprint density at radius 1 is 1.60 bits per heavy atom. The number of carbonyl (C=O) groups excluding carboxylic acids is 1. The molecule has 1 saturated heterocycles. The topological polar surface area (TPSA) is 81.2 Å². The molecule has 0 atom stereocenters.